The van der Waals surface area contributed by atoms with Gasteiger partial charge >= 0.3 is 11.9 Å². The van der Waals surface area contributed by atoms with Crippen LogP contribution in [-0.4, -0.2) is 52.3 Å². The quantitative estimate of drug-likeness (QED) is 0.188. The Hall–Kier alpha value is -2.52. The molecule has 0 saturated heterocycles. The van der Waals surface area contributed by atoms with Crippen LogP contribution in [0.25, 0.3) is 0 Å². The minimum absolute atomic E-state index is 0.0862. The molecule has 24 heavy (non-hydrogen) atoms. The number of nitrogens with two attached hydrogens (primary N) is 2. The third-order valence-electron chi connectivity index (χ3n) is 3.50. The molecule has 132 valence electrons. The Balaban J connectivity index is 2.56. The zero-order valence-corrected chi connectivity index (χ0v) is 13.0. The van der Waals surface area contributed by atoms with E-state index >= 15 is 0 Å². The molecule has 1 aliphatic rings. The van der Waals surface area contributed by atoms with Gasteiger partial charge in [-0.25, -0.2) is 0 Å². The summed E-state index contributed by atoms with van der Waals surface area (Å²) < 4.78 is 0. The van der Waals surface area contributed by atoms with Crippen LogP contribution in [0.15, 0.2) is 23.4 Å². The lowest BCUT2D eigenvalue weighted by atomic mass is 9.95. The number of carboxylic acid groups (broad SMARTS) is 2. The van der Waals surface area contributed by atoms with Crippen LogP contribution in [0.2, 0.25) is 0 Å². The van der Waals surface area contributed by atoms with E-state index in [9.17, 15) is 19.2 Å². The number of allylic oxidation sites excluding steroid dienone is 3. The Morgan fingerprint density at radius 3 is 2.17 bits per heavy atom. The SMILES string of the molecule is NC(CCCCNC1=CC(=O)C(=O)C=C1C[C@H](N)C(=O)O)C(=O)O. The van der Waals surface area contributed by atoms with E-state index in [4.69, 9.17) is 21.7 Å². The fourth-order valence-corrected chi connectivity index (χ4v) is 2.10. The third kappa shape index (κ3) is 5.94. The van der Waals surface area contributed by atoms with E-state index in [0.29, 0.717) is 37.1 Å². The molecule has 0 aromatic carbocycles. The van der Waals surface area contributed by atoms with E-state index in [-0.39, 0.29) is 6.42 Å². The molecule has 9 heteroatoms. The van der Waals surface area contributed by atoms with Gasteiger partial charge in [0.1, 0.15) is 12.1 Å². The Morgan fingerprint density at radius 1 is 1.00 bits per heavy atom. The van der Waals surface area contributed by atoms with Crippen LogP contribution in [0.5, 0.6) is 0 Å². The van der Waals surface area contributed by atoms with Crippen LogP contribution in [0.1, 0.15) is 25.7 Å². The van der Waals surface area contributed by atoms with Gasteiger partial charge in [-0.3, -0.25) is 19.2 Å². The van der Waals surface area contributed by atoms with Gasteiger partial charge in [-0.1, -0.05) is 0 Å². The highest BCUT2D eigenvalue weighted by Crippen LogP contribution is 2.18. The number of hydrogen-bond acceptors (Lipinski definition) is 7. The van der Waals surface area contributed by atoms with E-state index < -0.39 is 35.6 Å². The van der Waals surface area contributed by atoms with E-state index in [1.165, 1.54) is 0 Å². The van der Waals surface area contributed by atoms with Crippen molar-refractivity contribution in [3.8, 4) is 0 Å². The number of ketones is 2. The molecule has 0 amide bonds. The van der Waals surface area contributed by atoms with Gasteiger partial charge in [-0.05, 0) is 30.9 Å². The van der Waals surface area contributed by atoms with Gasteiger partial charge in [-0.2, -0.15) is 0 Å². The predicted molar refractivity (Wildman–Crippen MR) is 83.9 cm³/mol. The van der Waals surface area contributed by atoms with Crippen molar-refractivity contribution in [3.63, 3.8) is 0 Å². The Kier molecular flexibility index (Phi) is 7.28. The van der Waals surface area contributed by atoms with Crippen LogP contribution in [0, 0.1) is 0 Å². The van der Waals surface area contributed by atoms with Crippen LogP contribution in [-0.2, 0) is 19.2 Å². The number of nitrogens with one attached hydrogen (secondary N) is 1. The zero-order chi connectivity index (χ0) is 18.3. The zero-order valence-electron chi connectivity index (χ0n) is 13.0. The van der Waals surface area contributed by atoms with Crippen molar-refractivity contribution in [2.75, 3.05) is 6.54 Å². The lowest BCUT2D eigenvalue weighted by Gasteiger charge is -2.19. The van der Waals surface area contributed by atoms with Gasteiger partial charge in [0.25, 0.3) is 0 Å². The Labute approximate surface area is 138 Å². The van der Waals surface area contributed by atoms with Gasteiger partial charge in [0.05, 0.1) is 0 Å². The first-order valence-corrected chi connectivity index (χ1v) is 7.44. The maximum atomic E-state index is 11.5. The Bertz CT molecular complexity index is 596. The second-order valence-electron chi connectivity index (χ2n) is 5.47. The molecule has 0 aromatic heterocycles. The topological polar surface area (TPSA) is 173 Å². The van der Waals surface area contributed by atoms with Crippen molar-refractivity contribution in [2.45, 2.75) is 37.8 Å². The summed E-state index contributed by atoms with van der Waals surface area (Å²) in [6.45, 7) is 0.416. The number of rotatable bonds is 10. The van der Waals surface area contributed by atoms with E-state index in [1.54, 1.807) is 0 Å². The molecule has 0 radical (unpaired) electrons. The number of carbonyl (C=O) groups is 4. The fourth-order valence-electron chi connectivity index (χ4n) is 2.10. The fraction of sp³-hybridized carbons (Fsp3) is 0.467. The lowest BCUT2D eigenvalue weighted by Crippen LogP contribution is -2.33. The summed E-state index contributed by atoms with van der Waals surface area (Å²) in [7, 11) is 0. The van der Waals surface area contributed by atoms with Gasteiger partial charge in [0, 0.05) is 24.7 Å². The molecule has 0 spiro atoms. The average Bonchev–Trinajstić information content (AvgIpc) is 2.50. The van der Waals surface area contributed by atoms with E-state index in [1.807, 2.05) is 0 Å². The van der Waals surface area contributed by atoms with Gasteiger partial charge in [0.15, 0.2) is 0 Å². The summed E-state index contributed by atoms with van der Waals surface area (Å²) in [5, 5.41) is 20.5. The molecular formula is C15H21N3O6. The summed E-state index contributed by atoms with van der Waals surface area (Å²) >= 11 is 0. The molecule has 1 unspecified atom stereocenters. The van der Waals surface area contributed by atoms with Crippen molar-refractivity contribution in [2.24, 2.45) is 11.5 Å². The number of carbonyl (C=O) groups excluding carboxylic acids is 2. The molecular weight excluding hydrogens is 318 g/mol. The monoisotopic (exact) mass is 339 g/mol. The molecule has 9 nitrogen and oxygen atoms in total. The summed E-state index contributed by atoms with van der Waals surface area (Å²) in [6.07, 6.45) is 3.60. The first kappa shape index (κ1) is 19.5. The molecule has 0 saturated carbocycles. The second-order valence-corrected chi connectivity index (χ2v) is 5.47. The van der Waals surface area contributed by atoms with Crippen molar-refractivity contribution in [3.05, 3.63) is 23.4 Å². The summed E-state index contributed by atoms with van der Waals surface area (Å²) in [6, 6.07) is -2.10. The number of carboxylic acids is 2. The van der Waals surface area contributed by atoms with Crippen molar-refractivity contribution < 1.29 is 29.4 Å². The van der Waals surface area contributed by atoms with Gasteiger partial charge in [-0.15, -0.1) is 0 Å². The molecule has 0 heterocycles. The summed E-state index contributed by atoms with van der Waals surface area (Å²) in [5.74, 6) is -3.68. The first-order chi connectivity index (χ1) is 11.2. The minimum Gasteiger partial charge on any atom is -0.480 e. The highest BCUT2D eigenvalue weighted by atomic mass is 16.4. The highest BCUT2D eigenvalue weighted by Gasteiger charge is 2.23. The lowest BCUT2D eigenvalue weighted by molar-refractivity contribution is -0.139. The smallest absolute Gasteiger partial charge is 0.320 e. The number of unbranched alkanes of at least 4 members (excludes halogenated alkanes) is 1. The minimum atomic E-state index is -1.21. The third-order valence-corrected chi connectivity index (χ3v) is 3.50. The molecule has 0 aliphatic heterocycles. The number of aliphatic carboxylic acids is 2. The molecule has 1 aliphatic carbocycles. The molecule has 0 fully saturated rings. The summed E-state index contributed by atoms with van der Waals surface area (Å²) in [5.41, 5.74) is 11.6. The van der Waals surface area contributed by atoms with E-state index in [0.717, 1.165) is 12.2 Å². The predicted octanol–water partition coefficient (Wildman–Crippen LogP) is -1.08. The summed E-state index contributed by atoms with van der Waals surface area (Å²) in [4.78, 5) is 44.4. The molecule has 0 aromatic rings. The van der Waals surface area contributed by atoms with Crippen LogP contribution >= 0.6 is 0 Å². The van der Waals surface area contributed by atoms with Crippen molar-refractivity contribution in [1.82, 2.24) is 5.32 Å². The van der Waals surface area contributed by atoms with Crippen LogP contribution in [0.3, 0.4) is 0 Å². The van der Waals surface area contributed by atoms with Crippen molar-refractivity contribution in [1.29, 1.82) is 0 Å². The highest BCUT2D eigenvalue weighted by molar-refractivity contribution is 6.46. The van der Waals surface area contributed by atoms with Gasteiger partial charge < -0.3 is 27.0 Å². The Morgan fingerprint density at radius 2 is 1.58 bits per heavy atom. The van der Waals surface area contributed by atoms with Crippen LogP contribution < -0.4 is 16.8 Å². The first-order valence-electron chi connectivity index (χ1n) is 7.44. The molecule has 0 bridgehead atoms. The average molecular weight is 339 g/mol. The normalized spacial score (nSPS) is 16.9. The second kappa shape index (κ2) is 8.94. The van der Waals surface area contributed by atoms with Crippen LogP contribution in [0.4, 0.5) is 0 Å². The van der Waals surface area contributed by atoms with Gasteiger partial charge in [0.2, 0.25) is 11.6 Å². The molecule has 1 rings (SSSR count). The molecule has 2 atom stereocenters. The van der Waals surface area contributed by atoms with Crippen molar-refractivity contribution >= 4 is 23.5 Å². The molecule has 7 N–H and O–H groups in total. The maximum absolute atomic E-state index is 11.5. The van der Waals surface area contributed by atoms with E-state index in [2.05, 4.69) is 5.32 Å². The number of hydrogen-bond donors (Lipinski definition) is 5. The largest absolute Gasteiger partial charge is 0.480 e. The standard InChI is InChI=1S/C15H21N3O6/c16-9(14(21)22)3-1-2-4-18-11-7-13(20)12(19)6-8(11)5-10(17)15(23)24/h6-7,9-10,18H,1-5,16-17H2,(H,21,22)(H,23,24)/t9?,10-/m0/s1. The maximum Gasteiger partial charge on any atom is 0.320 e.